The molecule has 0 spiro atoms. The van der Waals surface area contributed by atoms with E-state index in [1.807, 2.05) is 0 Å². The molecule has 1 aliphatic heterocycles. The van der Waals surface area contributed by atoms with Crippen molar-refractivity contribution in [3.63, 3.8) is 0 Å². The average Bonchev–Trinajstić information content (AvgIpc) is 2.21. The molecule has 13 heavy (non-hydrogen) atoms. The van der Waals surface area contributed by atoms with Gasteiger partial charge in [-0.1, -0.05) is 38.2 Å². The first-order chi connectivity index (χ1) is 6.17. The van der Waals surface area contributed by atoms with Crippen LogP contribution in [0, 0.1) is 5.41 Å². The van der Waals surface area contributed by atoms with Gasteiger partial charge in [-0.05, 0) is 17.6 Å². The molecule has 0 amide bonds. The van der Waals surface area contributed by atoms with Gasteiger partial charge in [-0.25, -0.2) is 0 Å². The molecule has 0 saturated carbocycles. The Morgan fingerprint density at radius 1 is 1.31 bits per heavy atom. The van der Waals surface area contributed by atoms with Crippen LogP contribution in [0.2, 0.25) is 0 Å². The van der Waals surface area contributed by atoms with Gasteiger partial charge in [0, 0.05) is 5.41 Å². The van der Waals surface area contributed by atoms with Crippen molar-refractivity contribution in [2.24, 2.45) is 5.41 Å². The first-order valence-electron chi connectivity index (χ1n) is 4.86. The van der Waals surface area contributed by atoms with Gasteiger partial charge in [0.25, 0.3) is 0 Å². The fourth-order valence-electron chi connectivity index (χ4n) is 1.85. The summed E-state index contributed by atoms with van der Waals surface area (Å²) in [7, 11) is 0. The summed E-state index contributed by atoms with van der Waals surface area (Å²) >= 11 is 0. The number of ether oxygens (including phenoxy) is 1. The van der Waals surface area contributed by atoms with Gasteiger partial charge in [0.05, 0.1) is 13.2 Å². The minimum Gasteiger partial charge on any atom is -0.376 e. The number of hydrogen-bond acceptors (Lipinski definition) is 1. The summed E-state index contributed by atoms with van der Waals surface area (Å²) in [5, 5.41) is 0. The minimum atomic E-state index is 0.175. The summed E-state index contributed by atoms with van der Waals surface area (Å²) < 4.78 is 5.45. The van der Waals surface area contributed by atoms with Crippen LogP contribution >= 0.6 is 0 Å². The SMILES string of the molecule is CC1(C)C=CC=C2CCOCC2=C1. The third kappa shape index (κ3) is 1.92. The Bertz CT molecular complexity index is 292. The number of allylic oxidation sites excluding steroid dienone is 4. The molecular weight excluding hydrogens is 160 g/mol. The number of rotatable bonds is 0. The van der Waals surface area contributed by atoms with E-state index >= 15 is 0 Å². The molecule has 0 N–H and O–H groups in total. The second-order valence-corrected chi connectivity index (χ2v) is 4.34. The van der Waals surface area contributed by atoms with Crippen molar-refractivity contribution in [3.05, 3.63) is 35.5 Å². The van der Waals surface area contributed by atoms with E-state index in [0.29, 0.717) is 0 Å². The Balaban J connectivity index is 2.34. The molecule has 2 aliphatic rings. The molecule has 0 radical (unpaired) electrons. The first kappa shape index (κ1) is 8.76. The molecule has 0 aromatic carbocycles. The highest BCUT2D eigenvalue weighted by Crippen LogP contribution is 2.30. The van der Waals surface area contributed by atoms with Crippen LogP contribution in [-0.4, -0.2) is 13.2 Å². The molecule has 1 fully saturated rings. The minimum absolute atomic E-state index is 0.175. The molecular formula is C12H16O. The van der Waals surface area contributed by atoms with Gasteiger partial charge in [-0.15, -0.1) is 0 Å². The van der Waals surface area contributed by atoms with E-state index in [1.165, 1.54) is 11.1 Å². The van der Waals surface area contributed by atoms with Gasteiger partial charge in [-0.2, -0.15) is 0 Å². The molecule has 0 aromatic rings. The molecule has 0 bridgehead atoms. The molecule has 1 saturated heterocycles. The highest BCUT2D eigenvalue weighted by molar-refractivity contribution is 5.40. The normalized spacial score (nSPS) is 25.7. The van der Waals surface area contributed by atoms with Gasteiger partial charge < -0.3 is 4.74 Å². The van der Waals surface area contributed by atoms with Gasteiger partial charge in [0.1, 0.15) is 0 Å². The van der Waals surface area contributed by atoms with E-state index in [4.69, 9.17) is 4.74 Å². The van der Waals surface area contributed by atoms with E-state index in [-0.39, 0.29) is 5.41 Å². The summed E-state index contributed by atoms with van der Waals surface area (Å²) in [5.74, 6) is 0. The average molecular weight is 176 g/mol. The molecule has 70 valence electrons. The van der Waals surface area contributed by atoms with Crippen molar-refractivity contribution < 1.29 is 4.74 Å². The van der Waals surface area contributed by atoms with Crippen molar-refractivity contribution in [1.29, 1.82) is 0 Å². The van der Waals surface area contributed by atoms with Gasteiger partial charge in [0.2, 0.25) is 0 Å². The van der Waals surface area contributed by atoms with Crippen LogP contribution in [0.25, 0.3) is 0 Å². The lowest BCUT2D eigenvalue weighted by Crippen LogP contribution is -2.13. The molecule has 1 heterocycles. The van der Waals surface area contributed by atoms with Crippen LogP contribution in [0.1, 0.15) is 20.3 Å². The predicted molar refractivity (Wildman–Crippen MR) is 54.5 cm³/mol. The maximum atomic E-state index is 5.45. The standard InChI is InChI=1S/C12H16O/c1-12(2)6-3-4-10-5-7-13-9-11(10)8-12/h3-4,6,8H,5,7,9H2,1-2H3. The zero-order chi connectivity index (χ0) is 9.31. The monoisotopic (exact) mass is 176 g/mol. The third-order valence-electron chi connectivity index (χ3n) is 2.56. The summed E-state index contributed by atoms with van der Waals surface area (Å²) in [6, 6.07) is 0. The molecule has 2 rings (SSSR count). The van der Waals surface area contributed by atoms with Crippen LogP contribution < -0.4 is 0 Å². The van der Waals surface area contributed by atoms with Gasteiger partial charge in [-0.3, -0.25) is 0 Å². The quantitative estimate of drug-likeness (QED) is 0.551. The summed E-state index contributed by atoms with van der Waals surface area (Å²) in [6.07, 6.45) is 10.0. The lowest BCUT2D eigenvalue weighted by Gasteiger charge is -2.21. The van der Waals surface area contributed by atoms with Crippen molar-refractivity contribution >= 4 is 0 Å². The molecule has 0 aromatic heterocycles. The largest absolute Gasteiger partial charge is 0.376 e. The highest BCUT2D eigenvalue weighted by atomic mass is 16.5. The number of hydrogen-bond donors (Lipinski definition) is 0. The lowest BCUT2D eigenvalue weighted by atomic mass is 9.89. The van der Waals surface area contributed by atoms with Crippen LogP contribution in [0.5, 0.6) is 0 Å². The van der Waals surface area contributed by atoms with E-state index < -0.39 is 0 Å². The summed E-state index contributed by atoms with van der Waals surface area (Å²) in [5.41, 5.74) is 3.00. The van der Waals surface area contributed by atoms with E-state index in [2.05, 4.69) is 38.2 Å². The molecule has 1 heteroatoms. The maximum absolute atomic E-state index is 5.45. The van der Waals surface area contributed by atoms with E-state index in [9.17, 15) is 0 Å². The van der Waals surface area contributed by atoms with E-state index in [1.54, 1.807) is 0 Å². The lowest BCUT2D eigenvalue weighted by molar-refractivity contribution is 0.145. The number of fused-ring (bicyclic) bond motifs is 1. The molecule has 0 atom stereocenters. The Hall–Kier alpha value is -0.820. The van der Waals surface area contributed by atoms with E-state index in [0.717, 1.165) is 19.6 Å². The maximum Gasteiger partial charge on any atom is 0.0716 e. The van der Waals surface area contributed by atoms with Gasteiger partial charge in [0.15, 0.2) is 0 Å². The van der Waals surface area contributed by atoms with Crippen LogP contribution in [0.3, 0.4) is 0 Å². The van der Waals surface area contributed by atoms with Crippen molar-refractivity contribution in [2.75, 3.05) is 13.2 Å². The smallest absolute Gasteiger partial charge is 0.0716 e. The van der Waals surface area contributed by atoms with Crippen molar-refractivity contribution in [1.82, 2.24) is 0 Å². The van der Waals surface area contributed by atoms with Crippen molar-refractivity contribution in [3.8, 4) is 0 Å². The van der Waals surface area contributed by atoms with Crippen molar-refractivity contribution in [2.45, 2.75) is 20.3 Å². The summed E-state index contributed by atoms with van der Waals surface area (Å²) in [4.78, 5) is 0. The van der Waals surface area contributed by atoms with Crippen LogP contribution in [0.15, 0.2) is 35.5 Å². The molecule has 1 nitrogen and oxygen atoms in total. The fourth-order valence-corrected chi connectivity index (χ4v) is 1.85. The van der Waals surface area contributed by atoms with Gasteiger partial charge >= 0.3 is 0 Å². The Morgan fingerprint density at radius 3 is 3.00 bits per heavy atom. The molecule has 1 aliphatic carbocycles. The zero-order valence-corrected chi connectivity index (χ0v) is 8.34. The highest BCUT2D eigenvalue weighted by Gasteiger charge is 2.18. The summed E-state index contributed by atoms with van der Waals surface area (Å²) in [6.45, 7) is 6.11. The van der Waals surface area contributed by atoms with Crippen LogP contribution in [-0.2, 0) is 4.74 Å². The third-order valence-corrected chi connectivity index (χ3v) is 2.56. The predicted octanol–water partition coefficient (Wildman–Crippen LogP) is 2.86. The zero-order valence-electron chi connectivity index (χ0n) is 8.34. The Labute approximate surface area is 79.8 Å². The van der Waals surface area contributed by atoms with Crippen LogP contribution in [0.4, 0.5) is 0 Å². The first-order valence-corrected chi connectivity index (χ1v) is 4.86. The Kier molecular flexibility index (Phi) is 2.12. The second kappa shape index (κ2) is 3.15. The Morgan fingerprint density at radius 2 is 2.15 bits per heavy atom. The molecule has 0 unspecified atom stereocenters. The second-order valence-electron chi connectivity index (χ2n) is 4.34. The fraction of sp³-hybridized carbons (Fsp3) is 0.500. The topological polar surface area (TPSA) is 9.23 Å².